The fourth-order valence-electron chi connectivity index (χ4n) is 1.42. The van der Waals surface area contributed by atoms with Gasteiger partial charge in [0, 0.05) is 13.2 Å². The third-order valence-electron chi connectivity index (χ3n) is 2.26. The highest BCUT2D eigenvalue weighted by atomic mass is 15.2. The van der Waals surface area contributed by atoms with E-state index in [0.29, 0.717) is 0 Å². The predicted molar refractivity (Wildman–Crippen MR) is 39.7 cm³/mol. The summed E-state index contributed by atoms with van der Waals surface area (Å²) in [6.45, 7) is 2.29. The highest BCUT2D eigenvalue weighted by Crippen LogP contribution is 2.46. The molecule has 0 saturated heterocycles. The smallest absolute Gasteiger partial charge is 0.0524 e. The molecule has 0 aliphatic heterocycles. The number of nitrogens with zero attached hydrogens (tertiary/aromatic N) is 2. The first-order valence-corrected chi connectivity index (χ1v) is 3.76. The van der Waals surface area contributed by atoms with Gasteiger partial charge >= 0.3 is 0 Å². The van der Waals surface area contributed by atoms with Crippen molar-refractivity contribution < 1.29 is 0 Å². The predicted octanol–water partition coefficient (Wildman–Crippen LogP) is 1.54. The Morgan fingerprint density at radius 1 is 1.70 bits per heavy atom. The van der Waals surface area contributed by atoms with E-state index in [4.69, 9.17) is 0 Å². The first kappa shape index (κ1) is 5.96. The third-order valence-corrected chi connectivity index (χ3v) is 2.26. The maximum atomic E-state index is 4.13. The summed E-state index contributed by atoms with van der Waals surface area (Å²) in [5, 5.41) is 4.13. The Kier molecular flexibility index (Phi) is 1.10. The Hall–Kier alpha value is -0.790. The van der Waals surface area contributed by atoms with Gasteiger partial charge in [0.2, 0.25) is 0 Å². The summed E-state index contributed by atoms with van der Waals surface area (Å²) in [7, 11) is 1.97. The molecular weight excluding hydrogens is 124 g/mol. The van der Waals surface area contributed by atoms with Gasteiger partial charge in [0.25, 0.3) is 0 Å². The van der Waals surface area contributed by atoms with Gasteiger partial charge in [-0.05, 0) is 23.8 Å². The van der Waals surface area contributed by atoms with Gasteiger partial charge in [0.15, 0.2) is 0 Å². The topological polar surface area (TPSA) is 17.8 Å². The van der Waals surface area contributed by atoms with Crippen LogP contribution in [0.5, 0.6) is 0 Å². The summed E-state index contributed by atoms with van der Waals surface area (Å²) >= 11 is 0. The molecule has 1 fully saturated rings. The van der Waals surface area contributed by atoms with Gasteiger partial charge in [-0.25, -0.2) is 0 Å². The Bertz CT molecular complexity index is 239. The standard InChI is InChI=1S/C8H12N2/c1-6-3-8(6)7-4-9-10(2)5-7/h4-6,8H,3H2,1-2H3/t6-,8+/m1/s1. The minimum Gasteiger partial charge on any atom is -0.276 e. The maximum absolute atomic E-state index is 4.13. The van der Waals surface area contributed by atoms with E-state index in [1.54, 1.807) is 0 Å². The number of rotatable bonds is 1. The van der Waals surface area contributed by atoms with Crippen molar-refractivity contribution in [2.45, 2.75) is 19.3 Å². The molecule has 0 bridgehead atoms. The van der Waals surface area contributed by atoms with Gasteiger partial charge in [-0.15, -0.1) is 0 Å². The molecule has 2 heteroatoms. The van der Waals surface area contributed by atoms with Gasteiger partial charge in [-0.3, -0.25) is 4.68 Å². The second-order valence-electron chi connectivity index (χ2n) is 3.27. The number of aromatic nitrogens is 2. The van der Waals surface area contributed by atoms with Gasteiger partial charge in [-0.1, -0.05) is 6.92 Å². The summed E-state index contributed by atoms with van der Waals surface area (Å²) in [5.74, 6) is 1.71. The molecule has 1 aliphatic rings. The number of hydrogen-bond acceptors (Lipinski definition) is 1. The number of hydrogen-bond donors (Lipinski definition) is 0. The molecule has 2 nitrogen and oxygen atoms in total. The highest BCUT2D eigenvalue weighted by Gasteiger charge is 2.34. The second-order valence-corrected chi connectivity index (χ2v) is 3.27. The molecule has 0 spiro atoms. The van der Waals surface area contributed by atoms with Crippen LogP contribution < -0.4 is 0 Å². The van der Waals surface area contributed by atoms with E-state index in [-0.39, 0.29) is 0 Å². The largest absolute Gasteiger partial charge is 0.276 e. The lowest BCUT2D eigenvalue weighted by Crippen LogP contribution is -1.84. The van der Waals surface area contributed by atoms with E-state index in [2.05, 4.69) is 18.2 Å². The molecule has 0 aromatic carbocycles. The fraction of sp³-hybridized carbons (Fsp3) is 0.625. The normalized spacial score (nSPS) is 30.6. The molecule has 1 saturated carbocycles. The molecule has 0 amide bonds. The van der Waals surface area contributed by atoms with Crippen LogP contribution in [0.25, 0.3) is 0 Å². The Morgan fingerprint density at radius 2 is 2.40 bits per heavy atom. The van der Waals surface area contributed by atoms with Crippen molar-refractivity contribution in [2.24, 2.45) is 13.0 Å². The van der Waals surface area contributed by atoms with Gasteiger partial charge < -0.3 is 0 Å². The van der Waals surface area contributed by atoms with Crippen LogP contribution in [0, 0.1) is 5.92 Å². The van der Waals surface area contributed by atoms with E-state index >= 15 is 0 Å². The molecular formula is C8H12N2. The van der Waals surface area contributed by atoms with Crippen LogP contribution in [0.1, 0.15) is 24.8 Å². The van der Waals surface area contributed by atoms with Gasteiger partial charge in [0.1, 0.15) is 0 Å². The molecule has 0 N–H and O–H groups in total. The summed E-state index contributed by atoms with van der Waals surface area (Å²) < 4.78 is 1.88. The zero-order chi connectivity index (χ0) is 7.14. The minimum atomic E-state index is 0.814. The SMILES string of the molecule is C[C@@H]1C[C@@H]1c1cnn(C)c1. The summed E-state index contributed by atoms with van der Waals surface area (Å²) in [5.41, 5.74) is 1.41. The quantitative estimate of drug-likeness (QED) is 0.572. The molecule has 1 heterocycles. The zero-order valence-electron chi connectivity index (χ0n) is 6.41. The summed E-state index contributed by atoms with van der Waals surface area (Å²) in [4.78, 5) is 0. The van der Waals surface area contributed by atoms with Crippen LogP contribution >= 0.6 is 0 Å². The summed E-state index contributed by atoms with van der Waals surface area (Å²) in [6.07, 6.45) is 5.45. The average Bonchev–Trinajstić information content (AvgIpc) is 2.42. The third kappa shape index (κ3) is 0.838. The van der Waals surface area contributed by atoms with E-state index in [1.807, 2.05) is 17.9 Å². The molecule has 2 atom stereocenters. The first-order chi connectivity index (χ1) is 4.77. The van der Waals surface area contributed by atoms with Crippen LogP contribution in [-0.4, -0.2) is 9.78 Å². The Balaban J connectivity index is 2.20. The van der Waals surface area contributed by atoms with Gasteiger partial charge in [-0.2, -0.15) is 5.10 Å². The van der Waals surface area contributed by atoms with E-state index in [0.717, 1.165) is 11.8 Å². The maximum Gasteiger partial charge on any atom is 0.0524 e. The molecule has 1 aliphatic carbocycles. The van der Waals surface area contributed by atoms with E-state index in [9.17, 15) is 0 Å². The van der Waals surface area contributed by atoms with E-state index < -0.39 is 0 Å². The Labute approximate surface area is 60.9 Å². The minimum absolute atomic E-state index is 0.814. The lowest BCUT2D eigenvalue weighted by molar-refractivity contribution is 0.766. The van der Waals surface area contributed by atoms with Crippen molar-refractivity contribution in [3.63, 3.8) is 0 Å². The number of aryl methyl sites for hydroxylation is 1. The van der Waals surface area contributed by atoms with Crippen molar-refractivity contribution in [1.29, 1.82) is 0 Å². The van der Waals surface area contributed by atoms with Gasteiger partial charge in [0.05, 0.1) is 6.20 Å². The second kappa shape index (κ2) is 1.84. The van der Waals surface area contributed by atoms with Crippen LogP contribution in [0.3, 0.4) is 0 Å². The van der Waals surface area contributed by atoms with Crippen molar-refractivity contribution >= 4 is 0 Å². The monoisotopic (exact) mass is 136 g/mol. The molecule has 10 heavy (non-hydrogen) atoms. The molecule has 2 rings (SSSR count). The van der Waals surface area contributed by atoms with Crippen molar-refractivity contribution in [2.75, 3.05) is 0 Å². The first-order valence-electron chi connectivity index (χ1n) is 3.76. The van der Waals surface area contributed by atoms with Crippen molar-refractivity contribution in [1.82, 2.24) is 9.78 Å². The molecule has 1 aromatic rings. The van der Waals surface area contributed by atoms with Crippen LogP contribution in [0.2, 0.25) is 0 Å². The molecule has 0 unspecified atom stereocenters. The molecule has 0 radical (unpaired) electrons. The fourth-order valence-corrected chi connectivity index (χ4v) is 1.42. The van der Waals surface area contributed by atoms with Crippen molar-refractivity contribution in [3.05, 3.63) is 18.0 Å². The lowest BCUT2D eigenvalue weighted by atomic mass is 10.2. The average molecular weight is 136 g/mol. The molecule has 1 aromatic heterocycles. The highest BCUT2D eigenvalue weighted by molar-refractivity contribution is 5.19. The molecule has 54 valence electrons. The lowest BCUT2D eigenvalue weighted by Gasteiger charge is -1.86. The van der Waals surface area contributed by atoms with Crippen LogP contribution in [0.4, 0.5) is 0 Å². The summed E-state index contributed by atoms with van der Waals surface area (Å²) in [6, 6.07) is 0. The van der Waals surface area contributed by atoms with Crippen molar-refractivity contribution in [3.8, 4) is 0 Å². The van der Waals surface area contributed by atoms with Crippen LogP contribution in [0.15, 0.2) is 12.4 Å². The zero-order valence-corrected chi connectivity index (χ0v) is 6.41. The Morgan fingerprint density at radius 3 is 2.80 bits per heavy atom. The van der Waals surface area contributed by atoms with E-state index in [1.165, 1.54) is 12.0 Å². The van der Waals surface area contributed by atoms with Crippen LogP contribution in [-0.2, 0) is 7.05 Å².